The molecule has 1 saturated heterocycles. The molecule has 4 aromatic rings. The van der Waals surface area contributed by atoms with Gasteiger partial charge in [-0.05, 0) is 81.2 Å². The third-order valence-corrected chi connectivity index (χ3v) is 7.16. The van der Waals surface area contributed by atoms with E-state index in [0.717, 1.165) is 17.5 Å². The van der Waals surface area contributed by atoms with Gasteiger partial charge >= 0.3 is 0 Å². The molecule has 5 rings (SSSR count). The molecule has 3 aromatic heterocycles. The van der Waals surface area contributed by atoms with Crippen molar-refractivity contribution in [3.05, 3.63) is 82.4 Å². The van der Waals surface area contributed by atoms with Gasteiger partial charge in [-0.2, -0.15) is 0 Å². The van der Waals surface area contributed by atoms with E-state index in [4.69, 9.17) is 0 Å². The highest BCUT2D eigenvalue weighted by atomic mass is 16.1. The Morgan fingerprint density at radius 2 is 1.74 bits per heavy atom. The van der Waals surface area contributed by atoms with Gasteiger partial charge in [0.25, 0.3) is 11.5 Å². The molecule has 182 valence electrons. The highest BCUT2D eigenvalue weighted by Gasteiger charge is 2.16. The summed E-state index contributed by atoms with van der Waals surface area (Å²) in [6, 6.07) is 15.5. The number of hydrogen-bond acceptors (Lipinski definition) is 4. The average molecular weight is 472 g/mol. The minimum absolute atomic E-state index is 0.0569. The second kappa shape index (κ2) is 10.4. The predicted octanol–water partition coefficient (Wildman–Crippen LogP) is 4.08. The first-order valence-electron chi connectivity index (χ1n) is 12.7. The minimum Gasteiger partial charge on any atom is -0.352 e. The van der Waals surface area contributed by atoms with Crippen LogP contribution < -0.4 is 10.9 Å². The van der Waals surface area contributed by atoms with Crippen molar-refractivity contribution in [3.8, 4) is 0 Å². The molecule has 0 radical (unpaired) electrons. The van der Waals surface area contributed by atoms with E-state index in [0.29, 0.717) is 35.9 Å². The topological polar surface area (TPSA) is 71.6 Å². The lowest BCUT2D eigenvalue weighted by Crippen LogP contribution is -2.37. The fraction of sp³-hybridized carbons (Fsp3) is 0.393. The van der Waals surface area contributed by atoms with Crippen molar-refractivity contribution in [3.63, 3.8) is 0 Å². The number of hydrogen-bond donors (Lipinski definition) is 1. The monoisotopic (exact) mass is 471 g/mol. The van der Waals surface area contributed by atoms with Gasteiger partial charge in [0.05, 0.1) is 12.1 Å². The van der Waals surface area contributed by atoms with Crippen LogP contribution >= 0.6 is 0 Å². The lowest BCUT2D eigenvalue weighted by Gasteiger charge is -2.27. The van der Waals surface area contributed by atoms with E-state index in [1.54, 1.807) is 10.8 Å². The molecule has 1 aliphatic heterocycles. The van der Waals surface area contributed by atoms with Crippen molar-refractivity contribution in [2.24, 2.45) is 0 Å². The van der Waals surface area contributed by atoms with Gasteiger partial charge in [0.2, 0.25) is 0 Å². The zero-order valence-corrected chi connectivity index (χ0v) is 20.3. The number of nitrogens with zero attached hydrogens (tertiary/aromatic N) is 4. The Kier molecular flexibility index (Phi) is 6.95. The maximum absolute atomic E-state index is 13.1. The standard InChI is InChI=1S/C28H33N5O2/c1-21(31-17-4-2-3-5-18-31)14-16-30-27(34)23-12-10-22(11-13-23)20-33-26-24(8-6-15-29-26)32-19-7-9-25(32)28(33)35/h6-13,15,19,21H,2-5,14,16-18,20H2,1H3,(H,30,34)/t21-/m0/s1. The quantitative estimate of drug-likeness (QED) is 0.441. The number of carbonyl (C=O) groups is 1. The summed E-state index contributed by atoms with van der Waals surface area (Å²) in [5.74, 6) is -0.0569. The molecule has 0 spiro atoms. The number of fused-ring (bicyclic) bond motifs is 3. The molecule has 35 heavy (non-hydrogen) atoms. The maximum Gasteiger partial charge on any atom is 0.276 e. The minimum atomic E-state index is -0.0819. The number of likely N-dealkylation sites (tertiary alicyclic amines) is 1. The summed E-state index contributed by atoms with van der Waals surface area (Å²) < 4.78 is 3.58. The van der Waals surface area contributed by atoms with Gasteiger partial charge < -0.3 is 14.6 Å². The number of nitrogens with one attached hydrogen (secondary N) is 1. The third-order valence-electron chi connectivity index (χ3n) is 7.16. The molecule has 1 amide bonds. The zero-order valence-electron chi connectivity index (χ0n) is 20.3. The Morgan fingerprint density at radius 3 is 2.51 bits per heavy atom. The number of aromatic nitrogens is 3. The SMILES string of the molecule is C[C@@H](CCNC(=O)c1ccc(Cn2c(=O)c3cccn3c3cccnc32)cc1)N1CCCCCC1. The van der Waals surface area contributed by atoms with Crippen LogP contribution in [-0.2, 0) is 6.54 Å². The summed E-state index contributed by atoms with van der Waals surface area (Å²) in [5, 5.41) is 3.07. The molecule has 7 heteroatoms. The molecule has 0 saturated carbocycles. The van der Waals surface area contributed by atoms with E-state index in [2.05, 4.69) is 22.1 Å². The second-order valence-corrected chi connectivity index (χ2v) is 9.54. The molecule has 0 aliphatic carbocycles. The molecular weight excluding hydrogens is 438 g/mol. The molecule has 0 bridgehead atoms. The third kappa shape index (κ3) is 5.00. The van der Waals surface area contributed by atoms with Gasteiger partial charge in [-0.3, -0.25) is 14.2 Å². The van der Waals surface area contributed by atoms with Crippen LogP contribution in [0.25, 0.3) is 16.7 Å². The fourth-order valence-corrected chi connectivity index (χ4v) is 5.09. The van der Waals surface area contributed by atoms with Gasteiger partial charge in [0.1, 0.15) is 5.52 Å². The first kappa shape index (κ1) is 23.3. The van der Waals surface area contributed by atoms with Crippen molar-refractivity contribution in [1.82, 2.24) is 24.2 Å². The van der Waals surface area contributed by atoms with Crippen LogP contribution in [0.3, 0.4) is 0 Å². The number of benzene rings is 1. The van der Waals surface area contributed by atoms with Gasteiger partial charge in [-0.25, -0.2) is 4.98 Å². The number of rotatable bonds is 7. The highest BCUT2D eigenvalue weighted by molar-refractivity contribution is 5.94. The molecule has 1 aliphatic rings. The van der Waals surface area contributed by atoms with Gasteiger partial charge in [0.15, 0.2) is 5.65 Å². The molecule has 1 N–H and O–H groups in total. The van der Waals surface area contributed by atoms with Crippen LogP contribution in [0.15, 0.2) is 65.7 Å². The molecule has 1 atom stereocenters. The maximum atomic E-state index is 13.1. The Morgan fingerprint density at radius 1 is 1.00 bits per heavy atom. The van der Waals surface area contributed by atoms with Crippen LogP contribution in [0.5, 0.6) is 0 Å². The van der Waals surface area contributed by atoms with Crippen molar-refractivity contribution < 1.29 is 4.79 Å². The molecule has 1 aromatic carbocycles. The van der Waals surface area contributed by atoms with E-state index in [9.17, 15) is 9.59 Å². The van der Waals surface area contributed by atoms with Crippen molar-refractivity contribution in [1.29, 1.82) is 0 Å². The van der Waals surface area contributed by atoms with Crippen molar-refractivity contribution >= 4 is 22.6 Å². The summed E-state index contributed by atoms with van der Waals surface area (Å²) in [7, 11) is 0. The first-order valence-corrected chi connectivity index (χ1v) is 12.7. The lowest BCUT2D eigenvalue weighted by atomic mass is 10.1. The first-order chi connectivity index (χ1) is 17.1. The molecule has 4 heterocycles. The Bertz CT molecular complexity index is 1360. The van der Waals surface area contributed by atoms with Crippen LogP contribution in [0, 0.1) is 0 Å². The number of pyridine rings is 1. The summed E-state index contributed by atoms with van der Waals surface area (Å²) in [6.07, 6.45) is 9.76. The van der Waals surface area contributed by atoms with E-state index < -0.39 is 0 Å². The summed E-state index contributed by atoms with van der Waals surface area (Å²) >= 11 is 0. The number of amides is 1. The molecule has 1 fully saturated rings. The zero-order chi connectivity index (χ0) is 24.2. The second-order valence-electron chi connectivity index (χ2n) is 9.54. The molecular formula is C28H33N5O2. The highest BCUT2D eigenvalue weighted by Crippen LogP contribution is 2.16. The van der Waals surface area contributed by atoms with Crippen molar-refractivity contribution in [2.75, 3.05) is 19.6 Å². The summed E-state index contributed by atoms with van der Waals surface area (Å²) in [5.41, 5.74) is 3.64. The molecule has 0 unspecified atom stereocenters. The van der Waals surface area contributed by atoms with E-state index in [-0.39, 0.29) is 11.5 Å². The largest absolute Gasteiger partial charge is 0.352 e. The van der Waals surface area contributed by atoms with Crippen LogP contribution in [0.1, 0.15) is 54.9 Å². The summed E-state index contributed by atoms with van der Waals surface area (Å²) in [4.78, 5) is 32.8. The fourth-order valence-electron chi connectivity index (χ4n) is 5.09. The van der Waals surface area contributed by atoms with Crippen LogP contribution in [-0.4, -0.2) is 50.4 Å². The van der Waals surface area contributed by atoms with E-state index in [1.165, 1.54) is 38.8 Å². The van der Waals surface area contributed by atoms with Gasteiger partial charge in [0, 0.05) is 30.5 Å². The Hall–Kier alpha value is -3.45. The Labute approximate surface area is 205 Å². The normalized spacial score (nSPS) is 15.8. The average Bonchev–Trinajstić information content (AvgIpc) is 3.22. The molecule has 7 nitrogen and oxygen atoms in total. The van der Waals surface area contributed by atoms with Gasteiger partial charge in [-0.1, -0.05) is 25.0 Å². The van der Waals surface area contributed by atoms with Crippen molar-refractivity contribution in [2.45, 2.75) is 51.6 Å². The van der Waals surface area contributed by atoms with Crippen LogP contribution in [0.2, 0.25) is 0 Å². The van der Waals surface area contributed by atoms with E-state index >= 15 is 0 Å². The van der Waals surface area contributed by atoms with E-state index in [1.807, 2.05) is 59.1 Å². The predicted molar refractivity (Wildman–Crippen MR) is 139 cm³/mol. The lowest BCUT2D eigenvalue weighted by molar-refractivity contribution is 0.0948. The van der Waals surface area contributed by atoms with Crippen LogP contribution in [0.4, 0.5) is 0 Å². The number of carbonyl (C=O) groups excluding carboxylic acids is 1. The Balaban J connectivity index is 1.24. The van der Waals surface area contributed by atoms with Gasteiger partial charge in [-0.15, -0.1) is 0 Å². The summed E-state index contributed by atoms with van der Waals surface area (Å²) in [6.45, 7) is 5.66. The smallest absolute Gasteiger partial charge is 0.276 e.